The summed E-state index contributed by atoms with van der Waals surface area (Å²) in [6, 6.07) is 15.4. The van der Waals surface area contributed by atoms with E-state index in [9.17, 15) is 9.59 Å². The van der Waals surface area contributed by atoms with Crippen molar-refractivity contribution in [2.24, 2.45) is 0 Å². The first-order chi connectivity index (χ1) is 12.5. The molecule has 136 valence electrons. The van der Waals surface area contributed by atoms with Crippen LogP contribution in [0.25, 0.3) is 0 Å². The van der Waals surface area contributed by atoms with E-state index in [-0.39, 0.29) is 17.9 Å². The van der Waals surface area contributed by atoms with E-state index in [1.54, 1.807) is 17.0 Å². The Hall–Kier alpha value is -2.14. The van der Waals surface area contributed by atoms with Crippen LogP contribution in [0, 0.1) is 0 Å². The van der Waals surface area contributed by atoms with Gasteiger partial charge >= 0.3 is 0 Å². The van der Waals surface area contributed by atoms with Crippen LogP contribution in [-0.2, 0) is 11.2 Å². The summed E-state index contributed by atoms with van der Waals surface area (Å²) in [6.07, 6.45) is 3.38. The second-order valence-electron chi connectivity index (χ2n) is 6.75. The van der Waals surface area contributed by atoms with E-state index in [2.05, 4.69) is 33.4 Å². The van der Waals surface area contributed by atoms with Crippen molar-refractivity contribution in [2.45, 2.75) is 38.6 Å². The minimum absolute atomic E-state index is 0.0343. The molecule has 1 N–H and O–H groups in total. The molecule has 1 saturated heterocycles. The summed E-state index contributed by atoms with van der Waals surface area (Å²) in [4.78, 5) is 26.3. The van der Waals surface area contributed by atoms with Crippen molar-refractivity contribution in [3.63, 3.8) is 0 Å². The van der Waals surface area contributed by atoms with Gasteiger partial charge in [-0.25, -0.2) is 0 Å². The zero-order valence-electron chi connectivity index (χ0n) is 14.9. The lowest BCUT2D eigenvalue weighted by Crippen LogP contribution is -2.35. The molecule has 3 rings (SSSR count). The van der Waals surface area contributed by atoms with Crippen molar-refractivity contribution >= 4 is 33.4 Å². The summed E-state index contributed by atoms with van der Waals surface area (Å²) in [6.45, 7) is 2.76. The van der Waals surface area contributed by atoms with Crippen molar-refractivity contribution in [1.29, 1.82) is 0 Å². The van der Waals surface area contributed by atoms with Crippen LogP contribution in [-0.4, -0.2) is 24.4 Å². The number of benzene rings is 2. The van der Waals surface area contributed by atoms with Gasteiger partial charge in [0.1, 0.15) is 0 Å². The van der Waals surface area contributed by atoms with Gasteiger partial charge in [-0.15, -0.1) is 0 Å². The second kappa shape index (κ2) is 8.49. The Morgan fingerprint density at radius 1 is 1.12 bits per heavy atom. The van der Waals surface area contributed by atoms with Crippen LogP contribution >= 0.6 is 15.9 Å². The van der Waals surface area contributed by atoms with Gasteiger partial charge in [-0.3, -0.25) is 9.59 Å². The minimum Gasteiger partial charge on any atom is -0.349 e. The van der Waals surface area contributed by atoms with Gasteiger partial charge in [-0.2, -0.15) is 0 Å². The van der Waals surface area contributed by atoms with E-state index in [0.29, 0.717) is 12.0 Å². The molecule has 0 saturated carbocycles. The maximum atomic E-state index is 12.5. The van der Waals surface area contributed by atoms with E-state index in [0.717, 1.165) is 36.0 Å². The predicted octanol–water partition coefficient (Wildman–Crippen LogP) is 4.33. The van der Waals surface area contributed by atoms with Crippen molar-refractivity contribution < 1.29 is 9.59 Å². The number of anilines is 1. The van der Waals surface area contributed by atoms with Gasteiger partial charge < -0.3 is 10.2 Å². The number of hydrogen-bond acceptors (Lipinski definition) is 2. The zero-order chi connectivity index (χ0) is 18.5. The third-order valence-electron chi connectivity index (χ3n) is 4.60. The molecule has 1 fully saturated rings. The third-order valence-corrected chi connectivity index (χ3v) is 5.13. The molecule has 1 aliphatic rings. The van der Waals surface area contributed by atoms with E-state index < -0.39 is 0 Å². The van der Waals surface area contributed by atoms with Crippen LogP contribution in [0.4, 0.5) is 5.69 Å². The van der Waals surface area contributed by atoms with Crippen molar-refractivity contribution in [1.82, 2.24) is 5.32 Å². The first-order valence-electron chi connectivity index (χ1n) is 8.98. The van der Waals surface area contributed by atoms with E-state index in [1.807, 2.05) is 31.2 Å². The number of hydrogen-bond donors (Lipinski definition) is 1. The molecule has 1 aliphatic heterocycles. The monoisotopic (exact) mass is 414 g/mol. The summed E-state index contributed by atoms with van der Waals surface area (Å²) >= 11 is 3.43. The Morgan fingerprint density at radius 3 is 2.46 bits per heavy atom. The smallest absolute Gasteiger partial charge is 0.251 e. The fourth-order valence-electron chi connectivity index (χ4n) is 3.20. The lowest BCUT2D eigenvalue weighted by Gasteiger charge is -2.26. The highest BCUT2D eigenvalue weighted by Gasteiger charge is 2.19. The molecular weight excluding hydrogens is 392 g/mol. The lowest BCUT2D eigenvalue weighted by atomic mass is 10.1. The number of nitrogens with one attached hydrogen (secondary N) is 1. The number of amides is 2. The molecule has 5 heteroatoms. The van der Waals surface area contributed by atoms with Crippen molar-refractivity contribution in [2.75, 3.05) is 11.4 Å². The maximum absolute atomic E-state index is 12.5. The average Bonchev–Trinajstić information content (AvgIpc) is 2.64. The summed E-state index contributed by atoms with van der Waals surface area (Å²) in [5, 5.41) is 3.04. The summed E-state index contributed by atoms with van der Waals surface area (Å²) in [5.74, 6) is 0.0719. The Bertz CT molecular complexity index is 772. The van der Waals surface area contributed by atoms with Gasteiger partial charge in [-0.05, 0) is 68.1 Å². The number of piperidine rings is 1. The largest absolute Gasteiger partial charge is 0.349 e. The standard InChI is InChI=1S/C21H23BrN2O2/c1-15(14-16-5-9-18(22)10-6-16)23-21(26)17-7-11-19(12-8-17)24-13-3-2-4-20(24)25/h5-12,15H,2-4,13-14H2,1H3,(H,23,26). The molecular formula is C21H23BrN2O2. The number of carbonyl (C=O) groups excluding carboxylic acids is 2. The molecule has 2 aromatic carbocycles. The number of halogens is 1. The molecule has 2 aromatic rings. The highest BCUT2D eigenvalue weighted by Crippen LogP contribution is 2.21. The average molecular weight is 415 g/mol. The third kappa shape index (κ3) is 4.73. The summed E-state index contributed by atoms with van der Waals surface area (Å²) < 4.78 is 1.05. The molecule has 4 nitrogen and oxygen atoms in total. The normalized spacial score (nSPS) is 15.6. The molecule has 0 aliphatic carbocycles. The van der Waals surface area contributed by atoms with E-state index in [1.165, 1.54) is 5.56 Å². The molecule has 0 aromatic heterocycles. The van der Waals surface area contributed by atoms with Crippen LogP contribution in [0.3, 0.4) is 0 Å². The van der Waals surface area contributed by atoms with Gasteiger partial charge in [0.05, 0.1) is 0 Å². The zero-order valence-corrected chi connectivity index (χ0v) is 16.5. The molecule has 2 amide bonds. The Labute approximate surface area is 162 Å². The highest BCUT2D eigenvalue weighted by atomic mass is 79.9. The topological polar surface area (TPSA) is 49.4 Å². The Morgan fingerprint density at radius 2 is 1.81 bits per heavy atom. The first kappa shape index (κ1) is 18.6. The molecule has 0 radical (unpaired) electrons. The SMILES string of the molecule is CC(Cc1ccc(Br)cc1)NC(=O)c1ccc(N2CCCCC2=O)cc1. The summed E-state index contributed by atoms with van der Waals surface area (Å²) in [7, 11) is 0. The van der Waals surface area contributed by atoms with Crippen LogP contribution < -0.4 is 10.2 Å². The fourth-order valence-corrected chi connectivity index (χ4v) is 3.47. The summed E-state index contributed by atoms with van der Waals surface area (Å²) in [5.41, 5.74) is 2.66. The van der Waals surface area contributed by atoms with Gasteiger partial charge in [0.15, 0.2) is 0 Å². The first-order valence-corrected chi connectivity index (χ1v) is 9.78. The number of rotatable bonds is 5. The fraction of sp³-hybridized carbons (Fsp3) is 0.333. The maximum Gasteiger partial charge on any atom is 0.251 e. The van der Waals surface area contributed by atoms with E-state index in [4.69, 9.17) is 0 Å². The lowest BCUT2D eigenvalue weighted by molar-refractivity contribution is -0.119. The highest BCUT2D eigenvalue weighted by molar-refractivity contribution is 9.10. The van der Waals surface area contributed by atoms with Gasteiger partial charge in [0, 0.05) is 34.7 Å². The molecule has 1 heterocycles. The molecule has 26 heavy (non-hydrogen) atoms. The van der Waals surface area contributed by atoms with Gasteiger partial charge in [-0.1, -0.05) is 28.1 Å². The van der Waals surface area contributed by atoms with Crippen LogP contribution in [0.1, 0.15) is 42.1 Å². The predicted molar refractivity (Wildman–Crippen MR) is 107 cm³/mol. The van der Waals surface area contributed by atoms with Crippen LogP contribution in [0.5, 0.6) is 0 Å². The molecule has 1 unspecified atom stereocenters. The second-order valence-corrected chi connectivity index (χ2v) is 7.67. The van der Waals surface area contributed by atoms with Crippen molar-refractivity contribution in [3.05, 3.63) is 64.1 Å². The van der Waals surface area contributed by atoms with Crippen LogP contribution in [0.2, 0.25) is 0 Å². The van der Waals surface area contributed by atoms with E-state index >= 15 is 0 Å². The molecule has 1 atom stereocenters. The quantitative estimate of drug-likeness (QED) is 0.791. The number of nitrogens with zero attached hydrogens (tertiary/aromatic N) is 1. The Balaban J connectivity index is 1.59. The molecule has 0 bridgehead atoms. The number of carbonyl (C=O) groups is 2. The van der Waals surface area contributed by atoms with Gasteiger partial charge in [0.2, 0.25) is 5.91 Å². The van der Waals surface area contributed by atoms with Gasteiger partial charge in [0.25, 0.3) is 5.91 Å². The van der Waals surface area contributed by atoms with Crippen molar-refractivity contribution in [3.8, 4) is 0 Å². The Kier molecular flexibility index (Phi) is 6.09. The van der Waals surface area contributed by atoms with Crippen LogP contribution in [0.15, 0.2) is 53.0 Å². The minimum atomic E-state index is -0.0915. The molecule has 0 spiro atoms.